The molecule has 3 heterocycles. The number of Topliss-reactive ketones (excluding diaryl/α,β-unsaturated/α-hetero) is 3. The van der Waals surface area contributed by atoms with Gasteiger partial charge in [-0.05, 0) is 90.9 Å². The molecular formula is C75H139N3O31P2. The lowest BCUT2D eigenvalue weighted by Gasteiger charge is -2.40. The van der Waals surface area contributed by atoms with Crippen molar-refractivity contribution in [3.8, 4) is 0 Å². The number of unbranched alkanes of at least 4 members (excludes halogenated alkanes) is 15. The number of nitrogens with zero attached hydrogens (tertiary/aromatic N) is 3. The third kappa shape index (κ3) is 42.8. The van der Waals surface area contributed by atoms with Crippen molar-refractivity contribution < 1.29 is 150 Å². The van der Waals surface area contributed by atoms with Gasteiger partial charge < -0.3 is 109 Å². The molecule has 650 valence electrons. The van der Waals surface area contributed by atoms with Crippen LogP contribution < -0.4 is 0 Å². The van der Waals surface area contributed by atoms with Crippen molar-refractivity contribution in [3.05, 3.63) is 0 Å². The first-order valence-corrected chi connectivity index (χ1v) is 43.6. The van der Waals surface area contributed by atoms with Crippen LogP contribution in [-0.2, 0) is 89.2 Å². The van der Waals surface area contributed by atoms with E-state index in [9.17, 15) is 98.7 Å². The van der Waals surface area contributed by atoms with E-state index in [1.165, 1.54) is 14.7 Å². The van der Waals surface area contributed by atoms with E-state index in [2.05, 4.69) is 0 Å². The topological polar surface area (TPSA) is 491 Å². The Balaban J connectivity index is 1.43. The number of hydrogen-bond acceptors (Lipinski definition) is 29. The summed E-state index contributed by atoms with van der Waals surface area (Å²) < 4.78 is 87.1. The van der Waals surface area contributed by atoms with Crippen LogP contribution >= 0.6 is 15.6 Å². The van der Waals surface area contributed by atoms with E-state index in [0.29, 0.717) is 174 Å². The van der Waals surface area contributed by atoms with Crippen LogP contribution in [0.1, 0.15) is 227 Å². The van der Waals surface area contributed by atoms with E-state index < -0.39 is 159 Å². The number of hydrogen-bond donors (Lipinski definition) is 12. The van der Waals surface area contributed by atoms with Crippen LogP contribution in [0.4, 0.5) is 0 Å². The van der Waals surface area contributed by atoms with Gasteiger partial charge in [-0.2, -0.15) is 0 Å². The molecule has 12 N–H and O–H groups in total. The second kappa shape index (κ2) is 58.8. The Labute approximate surface area is 656 Å². The van der Waals surface area contributed by atoms with Gasteiger partial charge >= 0.3 is 15.6 Å². The summed E-state index contributed by atoms with van der Waals surface area (Å²) >= 11 is 0. The second-order valence-electron chi connectivity index (χ2n) is 29.7. The first-order valence-electron chi connectivity index (χ1n) is 40.6. The maximum absolute atomic E-state index is 13.7. The molecule has 3 rings (SSSR count). The Morgan fingerprint density at radius 2 is 0.568 bits per heavy atom. The monoisotopic (exact) mass is 1640 g/mol. The predicted octanol–water partition coefficient (Wildman–Crippen LogP) is 4.84. The number of rotatable bonds is 67. The highest BCUT2D eigenvalue weighted by Gasteiger charge is 2.45. The van der Waals surface area contributed by atoms with Crippen LogP contribution in [-0.4, -0.2) is 309 Å². The van der Waals surface area contributed by atoms with E-state index in [1.54, 1.807) is 20.8 Å². The number of aliphatic hydroxyl groups excluding tert-OH is 10. The maximum atomic E-state index is 13.7. The molecule has 17 atom stereocenters. The molecule has 0 aromatic heterocycles. The zero-order chi connectivity index (χ0) is 82.2. The molecule has 3 aliphatic heterocycles. The normalized spacial score (nSPS) is 25.3. The van der Waals surface area contributed by atoms with Gasteiger partial charge in [-0.3, -0.25) is 46.9 Å². The Morgan fingerprint density at radius 3 is 0.811 bits per heavy atom. The lowest BCUT2D eigenvalue weighted by atomic mass is 9.92. The number of amides is 3. The average molecular weight is 1640 g/mol. The molecule has 36 heteroatoms. The predicted molar refractivity (Wildman–Crippen MR) is 404 cm³/mol. The highest BCUT2D eigenvalue weighted by molar-refractivity contribution is 7.47. The highest BCUT2D eigenvalue weighted by atomic mass is 31.2. The number of phosphoric acid groups is 2. The Bertz CT molecular complexity index is 2640. The van der Waals surface area contributed by atoms with Crippen molar-refractivity contribution in [2.24, 2.45) is 17.8 Å². The molecule has 0 spiro atoms. The summed E-state index contributed by atoms with van der Waals surface area (Å²) in [5.41, 5.74) is 0. The highest BCUT2D eigenvalue weighted by Crippen LogP contribution is 2.44. The summed E-state index contributed by atoms with van der Waals surface area (Å²) in [4.78, 5) is 104. The van der Waals surface area contributed by atoms with E-state index in [0.717, 1.165) is 19.3 Å². The van der Waals surface area contributed by atoms with Gasteiger partial charge in [-0.25, -0.2) is 9.13 Å². The smallest absolute Gasteiger partial charge is 0.395 e. The van der Waals surface area contributed by atoms with Gasteiger partial charge in [0.15, 0.2) is 18.9 Å². The molecule has 17 unspecified atom stereocenters. The second-order valence-corrected chi connectivity index (χ2v) is 32.6. The van der Waals surface area contributed by atoms with Crippen LogP contribution in [0.25, 0.3) is 0 Å². The molecule has 0 bridgehead atoms. The molecule has 3 fully saturated rings. The third-order valence-corrected chi connectivity index (χ3v) is 22.2. The minimum atomic E-state index is -4.80. The molecule has 0 radical (unpaired) electrons. The number of phosphoric ester groups is 2. The van der Waals surface area contributed by atoms with Gasteiger partial charge in [0.2, 0.25) is 17.7 Å². The van der Waals surface area contributed by atoms with Crippen molar-refractivity contribution >= 4 is 50.7 Å². The lowest BCUT2D eigenvalue weighted by molar-refractivity contribution is -0.282. The minimum Gasteiger partial charge on any atom is -0.395 e. The number of carbonyl (C=O) groups excluding carboxylic acids is 6. The van der Waals surface area contributed by atoms with E-state index >= 15 is 0 Å². The quantitative estimate of drug-likeness (QED) is 0.0286. The fraction of sp³-hybridized carbons (Fsp3) is 0.920. The van der Waals surface area contributed by atoms with Crippen LogP contribution in [0, 0.1) is 17.8 Å². The molecule has 3 aliphatic rings. The summed E-state index contributed by atoms with van der Waals surface area (Å²) in [6, 6.07) is 0. The largest absolute Gasteiger partial charge is 0.472 e. The maximum Gasteiger partial charge on any atom is 0.472 e. The summed E-state index contributed by atoms with van der Waals surface area (Å²) in [7, 11) is -9.59. The van der Waals surface area contributed by atoms with E-state index in [4.69, 9.17) is 51.3 Å². The molecule has 3 amide bonds. The summed E-state index contributed by atoms with van der Waals surface area (Å²) in [5, 5.41) is 99.0. The molecule has 111 heavy (non-hydrogen) atoms. The Morgan fingerprint density at radius 1 is 0.333 bits per heavy atom. The van der Waals surface area contributed by atoms with Gasteiger partial charge in [0.1, 0.15) is 54.0 Å². The van der Waals surface area contributed by atoms with Crippen LogP contribution in [0.3, 0.4) is 0 Å². The van der Waals surface area contributed by atoms with E-state index in [1.807, 2.05) is 13.8 Å². The van der Waals surface area contributed by atoms with Crippen molar-refractivity contribution in [3.63, 3.8) is 0 Å². The van der Waals surface area contributed by atoms with Crippen LogP contribution in [0.15, 0.2) is 0 Å². The van der Waals surface area contributed by atoms with Gasteiger partial charge in [-0.15, -0.1) is 0 Å². The number of aliphatic hydroxyl groups is 10. The summed E-state index contributed by atoms with van der Waals surface area (Å²) in [6.07, 6.45) is 3.87. The minimum absolute atomic E-state index is 0.0000810. The van der Waals surface area contributed by atoms with Crippen molar-refractivity contribution in [1.29, 1.82) is 0 Å². The molecule has 3 saturated heterocycles. The SMILES string of the molecule is CC(C)OCCN(CCOP(=O)(O)OCCN(CCOP(=O)(O)OCCN(CCO)C(=O)CCCCCCC(=O)CCCCCOC1OC(CO)C(O)C(O)C1C)C(=O)CCCCCCC(=O)CCCCCOC1OC(CO)C(O)C(O)C1C)C(=O)CCCCCCC(=O)CCCCCOC1OC(CO)C(O)C(O)C1C. The van der Waals surface area contributed by atoms with Crippen molar-refractivity contribution in [2.45, 2.75) is 307 Å². The molecule has 0 aromatic carbocycles. The zero-order valence-electron chi connectivity index (χ0n) is 66.5. The molecule has 34 nitrogen and oxygen atoms in total. The fourth-order valence-electron chi connectivity index (χ4n) is 13.1. The number of ether oxygens (including phenoxy) is 7. The standard InChI is InChI=1S/C75H139N3O31P2/c1-54(2)99-46-37-77(65(87)34-22-10-7-16-28-59(84)31-19-13-25-44-101-74-56(4)68(90)71(93)62(52-81)108-74)39-48-104-111(97,98)106-50-41-78(66(88)35-23-11-8-17-29-60(85)32-20-14-26-45-102-75-57(5)69(91)72(94)63(53-82)109-75)40-49-105-110(95,96)103-47-38-76(36-42-79)64(86)33-21-9-6-15-27-58(83)30-18-12-24-43-100-73-55(3)67(89)70(92)61(51-80)107-73/h54-57,61-63,67-75,79-82,89-94H,6-53H2,1-5H3,(H,95,96)(H,97,98). The van der Waals surface area contributed by atoms with Crippen LogP contribution in [0.5, 0.6) is 0 Å². The van der Waals surface area contributed by atoms with Gasteiger partial charge in [0, 0.05) is 135 Å². The number of ketones is 3. The summed E-state index contributed by atoms with van der Waals surface area (Å²) in [5.74, 6) is -2.13. The summed E-state index contributed by atoms with van der Waals surface area (Å²) in [6.45, 7) is 5.53. The number of carbonyl (C=O) groups is 6. The third-order valence-electron chi connectivity index (χ3n) is 20.2. The van der Waals surface area contributed by atoms with Gasteiger partial charge in [0.25, 0.3) is 0 Å². The van der Waals surface area contributed by atoms with Crippen molar-refractivity contribution in [2.75, 3.05) is 119 Å². The fourth-order valence-corrected chi connectivity index (χ4v) is 14.5. The zero-order valence-corrected chi connectivity index (χ0v) is 68.3. The van der Waals surface area contributed by atoms with Crippen molar-refractivity contribution in [1.82, 2.24) is 14.7 Å². The first-order chi connectivity index (χ1) is 53.0. The Hall–Kier alpha value is -3.04. The first kappa shape index (κ1) is 102. The molecule has 0 saturated carbocycles. The van der Waals surface area contributed by atoms with Gasteiger partial charge in [0.05, 0.1) is 83.9 Å². The van der Waals surface area contributed by atoms with Crippen LogP contribution in [0.2, 0.25) is 0 Å². The lowest BCUT2D eigenvalue weighted by Crippen LogP contribution is -2.55. The van der Waals surface area contributed by atoms with E-state index in [-0.39, 0.29) is 107 Å². The molecular weight excluding hydrogens is 1500 g/mol. The van der Waals surface area contributed by atoms with Gasteiger partial charge in [-0.1, -0.05) is 78.6 Å². The average Bonchev–Trinajstić information content (AvgIpc) is 0.831. The molecule has 0 aromatic rings. The Kier molecular flexibility index (Phi) is 54.1. The molecule has 0 aliphatic carbocycles.